The number of thiocarbonyl (C=S) groups is 1. The summed E-state index contributed by atoms with van der Waals surface area (Å²) in [6, 6.07) is 15.2. The number of nitrogens with zero attached hydrogens (tertiary/aromatic N) is 2. The number of rotatable bonds is 4. The van der Waals surface area contributed by atoms with Crippen molar-refractivity contribution in [3.8, 4) is 10.6 Å². The van der Waals surface area contributed by atoms with E-state index in [-0.39, 0.29) is 21.9 Å². The van der Waals surface area contributed by atoms with E-state index in [0.717, 1.165) is 10.2 Å². The largest absolute Gasteiger partial charge is 0.331 e. The Morgan fingerprint density at radius 2 is 1.91 bits per heavy atom. The standard InChI is InChI=1S/C22H14Cl2N4O3S2/c1-11-13(5-4-7-17(11)28(30)31)20(29)27-22(32)26-19-14(9-12(23)10-15(19)24)21-25-16-6-2-3-8-18(16)33-21/h2-10H,1H3,(H2,26,27,29,32). The molecule has 0 spiro atoms. The van der Waals surface area contributed by atoms with Crippen LogP contribution >= 0.6 is 46.8 Å². The third-order valence-corrected chi connectivity index (χ3v) is 6.58. The van der Waals surface area contributed by atoms with Gasteiger partial charge in [0.1, 0.15) is 5.01 Å². The highest BCUT2D eigenvalue weighted by molar-refractivity contribution is 7.80. The zero-order chi connectivity index (χ0) is 23.7. The van der Waals surface area contributed by atoms with Gasteiger partial charge in [0, 0.05) is 27.8 Å². The number of anilines is 1. The SMILES string of the molecule is Cc1c(C(=O)NC(=S)Nc2c(Cl)cc(Cl)cc2-c2nc3ccccc3s2)cccc1[N+](=O)[O-]. The summed E-state index contributed by atoms with van der Waals surface area (Å²) >= 11 is 19.5. The molecule has 0 aliphatic rings. The summed E-state index contributed by atoms with van der Waals surface area (Å²) in [7, 11) is 0. The number of carbonyl (C=O) groups is 1. The normalized spacial score (nSPS) is 10.8. The van der Waals surface area contributed by atoms with Gasteiger partial charge in [0.05, 0.1) is 25.8 Å². The van der Waals surface area contributed by atoms with Crippen LogP contribution in [0.4, 0.5) is 11.4 Å². The first-order valence-electron chi connectivity index (χ1n) is 9.46. The van der Waals surface area contributed by atoms with E-state index in [1.165, 1.54) is 36.5 Å². The van der Waals surface area contributed by atoms with Crippen LogP contribution in [0.3, 0.4) is 0 Å². The van der Waals surface area contributed by atoms with Crippen LogP contribution in [0, 0.1) is 17.0 Å². The number of hydrogen-bond acceptors (Lipinski definition) is 6. The lowest BCUT2D eigenvalue weighted by atomic mass is 10.1. The molecule has 2 N–H and O–H groups in total. The molecule has 0 aliphatic heterocycles. The summed E-state index contributed by atoms with van der Waals surface area (Å²) in [5.41, 5.74) is 2.11. The van der Waals surface area contributed by atoms with E-state index in [1.54, 1.807) is 12.1 Å². The zero-order valence-electron chi connectivity index (χ0n) is 16.9. The number of thiazole rings is 1. The molecule has 33 heavy (non-hydrogen) atoms. The smallest absolute Gasteiger partial charge is 0.273 e. The number of halogens is 2. The molecule has 0 radical (unpaired) electrons. The maximum atomic E-state index is 12.7. The van der Waals surface area contributed by atoms with Crippen molar-refractivity contribution in [1.29, 1.82) is 0 Å². The van der Waals surface area contributed by atoms with Crippen molar-refractivity contribution in [2.24, 2.45) is 0 Å². The van der Waals surface area contributed by atoms with Crippen molar-refractivity contribution < 1.29 is 9.72 Å². The molecule has 0 saturated carbocycles. The number of nitro groups is 1. The van der Waals surface area contributed by atoms with E-state index in [2.05, 4.69) is 15.6 Å². The lowest BCUT2D eigenvalue weighted by Gasteiger charge is -2.15. The molecule has 4 aromatic rings. The number of carbonyl (C=O) groups excluding carboxylic acids is 1. The minimum Gasteiger partial charge on any atom is -0.331 e. The molecule has 0 aliphatic carbocycles. The van der Waals surface area contributed by atoms with E-state index < -0.39 is 10.8 Å². The molecule has 0 bridgehead atoms. The van der Waals surface area contributed by atoms with Crippen LogP contribution < -0.4 is 10.6 Å². The van der Waals surface area contributed by atoms with Gasteiger partial charge in [-0.2, -0.15) is 0 Å². The number of aromatic nitrogens is 1. The average Bonchev–Trinajstić information content (AvgIpc) is 3.19. The Labute approximate surface area is 207 Å². The molecule has 3 aromatic carbocycles. The third-order valence-electron chi connectivity index (χ3n) is 4.79. The molecule has 1 amide bonds. The number of hydrogen-bond donors (Lipinski definition) is 2. The second-order valence-corrected chi connectivity index (χ2v) is 9.19. The molecule has 4 rings (SSSR count). The Morgan fingerprint density at radius 1 is 1.15 bits per heavy atom. The Hall–Kier alpha value is -3.11. The first-order chi connectivity index (χ1) is 15.7. The molecule has 166 valence electrons. The van der Waals surface area contributed by atoms with Gasteiger partial charge >= 0.3 is 0 Å². The Bertz CT molecular complexity index is 1410. The van der Waals surface area contributed by atoms with E-state index in [0.29, 0.717) is 26.3 Å². The lowest BCUT2D eigenvalue weighted by Crippen LogP contribution is -2.34. The Morgan fingerprint density at radius 3 is 2.64 bits per heavy atom. The summed E-state index contributed by atoms with van der Waals surface area (Å²) in [5.74, 6) is -0.583. The first-order valence-corrected chi connectivity index (χ1v) is 11.4. The van der Waals surface area contributed by atoms with Gasteiger partial charge in [0.15, 0.2) is 5.11 Å². The summed E-state index contributed by atoms with van der Waals surface area (Å²) in [4.78, 5) is 28.0. The van der Waals surface area contributed by atoms with Crippen LogP contribution in [-0.2, 0) is 0 Å². The first kappa shape index (κ1) is 23.1. The van der Waals surface area contributed by atoms with Gasteiger partial charge in [-0.3, -0.25) is 20.2 Å². The van der Waals surface area contributed by atoms with E-state index in [9.17, 15) is 14.9 Å². The van der Waals surface area contributed by atoms with E-state index in [4.69, 9.17) is 35.4 Å². The minimum absolute atomic E-state index is 0.0301. The fourth-order valence-electron chi connectivity index (χ4n) is 3.24. The number of amides is 1. The van der Waals surface area contributed by atoms with Crippen molar-refractivity contribution in [3.63, 3.8) is 0 Å². The molecule has 0 atom stereocenters. The van der Waals surface area contributed by atoms with Crippen LogP contribution in [0.25, 0.3) is 20.8 Å². The van der Waals surface area contributed by atoms with Crippen LogP contribution in [0.15, 0.2) is 54.6 Å². The van der Waals surface area contributed by atoms with Crippen molar-refractivity contribution >= 4 is 79.4 Å². The molecule has 0 saturated heterocycles. The highest BCUT2D eigenvalue weighted by atomic mass is 35.5. The number of fused-ring (bicyclic) bond motifs is 1. The van der Waals surface area contributed by atoms with E-state index in [1.807, 2.05) is 24.3 Å². The van der Waals surface area contributed by atoms with Gasteiger partial charge in [0.2, 0.25) is 0 Å². The van der Waals surface area contributed by atoms with Gasteiger partial charge in [-0.1, -0.05) is 41.4 Å². The second kappa shape index (κ2) is 9.40. The maximum absolute atomic E-state index is 12.7. The highest BCUT2D eigenvalue weighted by Crippen LogP contribution is 2.40. The fourth-order valence-corrected chi connectivity index (χ4v) is 4.96. The quantitative estimate of drug-likeness (QED) is 0.180. The summed E-state index contributed by atoms with van der Waals surface area (Å²) < 4.78 is 0.992. The van der Waals surface area contributed by atoms with Crippen LogP contribution in [0.1, 0.15) is 15.9 Å². The summed E-state index contributed by atoms with van der Waals surface area (Å²) in [6.07, 6.45) is 0. The second-order valence-electron chi connectivity index (χ2n) is 6.91. The predicted molar refractivity (Wildman–Crippen MR) is 137 cm³/mol. The minimum atomic E-state index is -0.583. The van der Waals surface area contributed by atoms with Gasteiger partial charge in [0.25, 0.3) is 11.6 Å². The number of para-hydroxylation sites is 1. The van der Waals surface area contributed by atoms with Crippen LogP contribution in [-0.4, -0.2) is 20.9 Å². The van der Waals surface area contributed by atoms with Crippen LogP contribution in [0.2, 0.25) is 10.0 Å². The summed E-state index contributed by atoms with van der Waals surface area (Å²) in [5, 5.41) is 18.0. The van der Waals surface area contributed by atoms with Crippen molar-refractivity contribution in [2.45, 2.75) is 6.92 Å². The monoisotopic (exact) mass is 516 g/mol. The van der Waals surface area contributed by atoms with Crippen molar-refractivity contribution in [1.82, 2.24) is 10.3 Å². The average molecular weight is 517 g/mol. The fraction of sp³-hybridized carbons (Fsp3) is 0.0455. The molecule has 0 unspecified atom stereocenters. The van der Waals surface area contributed by atoms with Gasteiger partial charge in [-0.25, -0.2) is 4.98 Å². The molecule has 0 fully saturated rings. The Kier molecular flexibility index (Phi) is 6.57. The molecular weight excluding hydrogens is 503 g/mol. The molecular formula is C22H14Cl2N4O3S2. The van der Waals surface area contributed by atoms with Crippen molar-refractivity contribution in [3.05, 3.63) is 85.9 Å². The highest BCUT2D eigenvalue weighted by Gasteiger charge is 2.20. The summed E-state index contributed by atoms with van der Waals surface area (Å²) in [6.45, 7) is 1.50. The zero-order valence-corrected chi connectivity index (χ0v) is 20.0. The predicted octanol–water partition coefficient (Wildman–Crippen LogP) is 6.61. The molecule has 1 aromatic heterocycles. The van der Waals surface area contributed by atoms with Gasteiger partial charge < -0.3 is 5.32 Å². The lowest BCUT2D eigenvalue weighted by molar-refractivity contribution is -0.385. The number of nitro benzene ring substituents is 1. The Balaban J connectivity index is 1.63. The van der Waals surface area contributed by atoms with Crippen LogP contribution in [0.5, 0.6) is 0 Å². The van der Waals surface area contributed by atoms with Gasteiger partial charge in [-0.05, 0) is 49.5 Å². The molecule has 11 heteroatoms. The molecule has 1 heterocycles. The maximum Gasteiger partial charge on any atom is 0.273 e. The topological polar surface area (TPSA) is 97.2 Å². The number of nitrogens with one attached hydrogen (secondary N) is 2. The molecule has 7 nitrogen and oxygen atoms in total. The third kappa shape index (κ3) is 4.81. The van der Waals surface area contributed by atoms with Crippen molar-refractivity contribution in [2.75, 3.05) is 5.32 Å². The van der Waals surface area contributed by atoms with Gasteiger partial charge in [-0.15, -0.1) is 11.3 Å². The number of benzene rings is 3. The van der Waals surface area contributed by atoms with E-state index >= 15 is 0 Å².